The average Bonchev–Trinajstić information content (AvgIpc) is 2.40. The number of carboxylic acids is 1. The first-order valence-corrected chi connectivity index (χ1v) is 6.68. The van der Waals surface area contributed by atoms with Crippen LogP contribution in [0, 0.1) is 0 Å². The van der Waals surface area contributed by atoms with Gasteiger partial charge in [0.05, 0.1) is 10.0 Å². The Morgan fingerprint density at radius 3 is 2.50 bits per heavy atom. The highest BCUT2D eigenvalue weighted by molar-refractivity contribution is 6.42. The molecule has 1 atom stereocenters. The molecule has 1 amide bonds. The van der Waals surface area contributed by atoms with E-state index in [-0.39, 0.29) is 6.61 Å². The zero-order valence-electron chi connectivity index (χ0n) is 11.1. The van der Waals surface area contributed by atoms with Crippen LogP contribution in [0.15, 0.2) is 18.2 Å². The van der Waals surface area contributed by atoms with E-state index in [9.17, 15) is 9.59 Å². The third-order valence-electron chi connectivity index (χ3n) is 2.79. The highest BCUT2D eigenvalue weighted by atomic mass is 35.5. The first-order valence-electron chi connectivity index (χ1n) is 5.93. The highest BCUT2D eigenvalue weighted by Gasteiger charge is 2.24. The van der Waals surface area contributed by atoms with Gasteiger partial charge >= 0.3 is 5.97 Å². The van der Waals surface area contributed by atoms with Crippen molar-refractivity contribution in [3.63, 3.8) is 0 Å². The summed E-state index contributed by atoms with van der Waals surface area (Å²) in [6.07, 6.45) is 0.324. The Morgan fingerprint density at radius 1 is 1.35 bits per heavy atom. The highest BCUT2D eigenvalue weighted by Crippen LogP contribution is 2.26. The van der Waals surface area contributed by atoms with E-state index in [4.69, 9.17) is 33.0 Å². The zero-order chi connectivity index (χ0) is 15.3. The van der Waals surface area contributed by atoms with E-state index in [1.165, 1.54) is 13.1 Å². The van der Waals surface area contributed by atoms with E-state index in [0.717, 1.165) is 4.90 Å². The Labute approximate surface area is 127 Å². The third kappa shape index (κ3) is 4.28. The predicted octanol–water partition coefficient (Wildman–Crippen LogP) is 2.69. The number of amides is 1. The number of carbonyl (C=O) groups is 2. The molecule has 0 aliphatic heterocycles. The van der Waals surface area contributed by atoms with Crippen LogP contribution in [0.2, 0.25) is 10.0 Å². The van der Waals surface area contributed by atoms with Crippen molar-refractivity contribution in [2.24, 2.45) is 0 Å². The largest absolute Gasteiger partial charge is 0.484 e. The number of hydrogen-bond acceptors (Lipinski definition) is 3. The summed E-state index contributed by atoms with van der Waals surface area (Å²) in [5, 5.41) is 9.69. The molecule has 1 aromatic rings. The predicted molar refractivity (Wildman–Crippen MR) is 76.4 cm³/mol. The molecule has 0 spiro atoms. The Bertz CT molecular complexity index is 507. The van der Waals surface area contributed by atoms with Crippen molar-refractivity contribution in [1.82, 2.24) is 4.90 Å². The molecule has 1 aromatic carbocycles. The first-order chi connectivity index (χ1) is 9.36. The minimum atomic E-state index is -1.04. The smallest absolute Gasteiger partial charge is 0.326 e. The fourth-order valence-electron chi connectivity index (χ4n) is 1.60. The topological polar surface area (TPSA) is 66.8 Å². The molecular weight excluding hydrogens is 305 g/mol. The van der Waals surface area contributed by atoms with E-state index >= 15 is 0 Å². The van der Waals surface area contributed by atoms with Crippen molar-refractivity contribution < 1.29 is 19.4 Å². The molecule has 0 aliphatic carbocycles. The van der Waals surface area contributed by atoms with Crippen LogP contribution in [0.25, 0.3) is 0 Å². The Morgan fingerprint density at radius 2 is 2.00 bits per heavy atom. The van der Waals surface area contributed by atoms with Crippen LogP contribution in [0.1, 0.15) is 13.3 Å². The second kappa shape index (κ2) is 7.36. The number of hydrogen-bond donors (Lipinski definition) is 1. The maximum Gasteiger partial charge on any atom is 0.326 e. The minimum absolute atomic E-state index is 0.266. The Hall–Kier alpha value is -1.46. The fourth-order valence-corrected chi connectivity index (χ4v) is 1.89. The molecule has 7 heteroatoms. The SMILES string of the molecule is CCC(C(=O)O)N(C)C(=O)COc1ccc(Cl)c(Cl)c1. The normalized spacial score (nSPS) is 11.8. The number of carbonyl (C=O) groups excluding carboxylic acids is 1. The quantitative estimate of drug-likeness (QED) is 0.875. The van der Waals surface area contributed by atoms with Crippen LogP contribution in [-0.2, 0) is 9.59 Å². The Balaban J connectivity index is 2.62. The summed E-state index contributed by atoms with van der Waals surface area (Å²) in [4.78, 5) is 24.0. The lowest BCUT2D eigenvalue weighted by Gasteiger charge is -2.23. The van der Waals surface area contributed by atoms with Gasteiger partial charge in [0.15, 0.2) is 6.61 Å². The monoisotopic (exact) mass is 319 g/mol. The van der Waals surface area contributed by atoms with Gasteiger partial charge in [0, 0.05) is 13.1 Å². The summed E-state index contributed by atoms with van der Waals surface area (Å²) in [7, 11) is 1.43. The van der Waals surface area contributed by atoms with Gasteiger partial charge < -0.3 is 14.7 Å². The van der Waals surface area contributed by atoms with Crippen molar-refractivity contribution in [2.75, 3.05) is 13.7 Å². The molecule has 5 nitrogen and oxygen atoms in total. The molecule has 110 valence electrons. The van der Waals surface area contributed by atoms with Gasteiger partial charge in [-0.25, -0.2) is 4.79 Å². The number of benzene rings is 1. The van der Waals surface area contributed by atoms with Gasteiger partial charge in [0.1, 0.15) is 11.8 Å². The molecule has 0 aromatic heterocycles. The lowest BCUT2D eigenvalue weighted by atomic mass is 10.2. The molecule has 1 unspecified atom stereocenters. The first kappa shape index (κ1) is 16.6. The standard InChI is InChI=1S/C13H15Cl2NO4/c1-3-11(13(18)19)16(2)12(17)7-20-8-4-5-9(14)10(15)6-8/h4-6,11H,3,7H2,1-2H3,(H,18,19). The summed E-state index contributed by atoms with van der Waals surface area (Å²) < 4.78 is 5.27. The van der Waals surface area contributed by atoms with Crippen molar-refractivity contribution in [3.05, 3.63) is 28.2 Å². The summed E-state index contributed by atoms with van der Waals surface area (Å²) >= 11 is 11.6. The van der Waals surface area contributed by atoms with Gasteiger partial charge in [0.25, 0.3) is 5.91 Å². The maximum atomic E-state index is 11.9. The molecule has 0 saturated carbocycles. The van der Waals surface area contributed by atoms with Crippen LogP contribution in [0.5, 0.6) is 5.75 Å². The summed E-state index contributed by atoms with van der Waals surface area (Å²) in [6, 6.07) is 3.76. The van der Waals surface area contributed by atoms with E-state index in [2.05, 4.69) is 0 Å². The molecule has 0 aliphatic rings. The molecule has 1 N–H and O–H groups in total. The van der Waals surface area contributed by atoms with E-state index in [1.807, 2.05) is 0 Å². The lowest BCUT2D eigenvalue weighted by Crippen LogP contribution is -2.44. The van der Waals surface area contributed by atoms with Crippen molar-refractivity contribution in [1.29, 1.82) is 0 Å². The molecular formula is C13H15Cl2NO4. The molecule has 0 bridgehead atoms. The van der Waals surface area contributed by atoms with E-state index < -0.39 is 17.9 Å². The van der Waals surface area contributed by atoms with Crippen molar-refractivity contribution >= 4 is 35.1 Å². The number of ether oxygens (including phenoxy) is 1. The lowest BCUT2D eigenvalue weighted by molar-refractivity contribution is -0.149. The number of likely N-dealkylation sites (N-methyl/N-ethyl adjacent to an activating group) is 1. The van der Waals surface area contributed by atoms with E-state index in [0.29, 0.717) is 22.2 Å². The fraction of sp³-hybridized carbons (Fsp3) is 0.385. The number of halogens is 2. The van der Waals surface area contributed by atoms with Crippen molar-refractivity contribution in [2.45, 2.75) is 19.4 Å². The summed E-state index contributed by atoms with van der Waals surface area (Å²) in [6.45, 7) is 1.43. The Kier molecular flexibility index (Phi) is 6.10. The van der Waals surface area contributed by atoms with Gasteiger partial charge in [-0.05, 0) is 18.6 Å². The molecule has 0 fully saturated rings. The average molecular weight is 320 g/mol. The minimum Gasteiger partial charge on any atom is -0.484 e. The number of aliphatic carboxylic acids is 1. The molecule has 20 heavy (non-hydrogen) atoms. The summed E-state index contributed by atoms with van der Waals surface area (Å²) in [5.74, 6) is -1.08. The molecule has 0 radical (unpaired) electrons. The van der Waals surface area contributed by atoms with Crippen LogP contribution < -0.4 is 4.74 Å². The maximum absolute atomic E-state index is 11.9. The van der Waals surface area contributed by atoms with Crippen LogP contribution in [0.3, 0.4) is 0 Å². The number of carboxylic acid groups (broad SMARTS) is 1. The second-order valence-electron chi connectivity index (χ2n) is 4.13. The van der Waals surface area contributed by atoms with Crippen LogP contribution >= 0.6 is 23.2 Å². The van der Waals surface area contributed by atoms with Gasteiger partial charge in [0.2, 0.25) is 0 Å². The molecule has 1 rings (SSSR count). The van der Waals surface area contributed by atoms with E-state index in [1.54, 1.807) is 19.1 Å². The van der Waals surface area contributed by atoms with Gasteiger partial charge in [-0.2, -0.15) is 0 Å². The third-order valence-corrected chi connectivity index (χ3v) is 3.53. The zero-order valence-corrected chi connectivity index (χ0v) is 12.6. The van der Waals surface area contributed by atoms with Crippen LogP contribution in [-0.4, -0.2) is 41.6 Å². The van der Waals surface area contributed by atoms with Gasteiger partial charge in [-0.1, -0.05) is 30.1 Å². The molecule has 0 saturated heterocycles. The number of nitrogens with zero attached hydrogens (tertiary/aromatic N) is 1. The van der Waals surface area contributed by atoms with Gasteiger partial charge in [-0.15, -0.1) is 0 Å². The second-order valence-corrected chi connectivity index (χ2v) is 4.95. The molecule has 0 heterocycles. The van der Waals surface area contributed by atoms with Gasteiger partial charge in [-0.3, -0.25) is 4.79 Å². The number of rotatable bonds is 6. The van der Waals surface area contributed by atoms with Crippen LogP contribution in [0.4, 0.5) is 0 Å². The summed E-state index contributed by atoms with van der Waals surface area (Å²) in [5.41, 5.74) is 0. The van der Waals surface area contributed by atoms with Crippen molar-refractivity contribution in [3.8, 4) is 5.75 Å².